The van der Waals surface area contributed by atoms with Crippen LogP contribution in [0.25, 0.3) is 0 Å². The van der Waals surface area contributed by atoms with Crippen LogP contribution in [0.1, 0.15) is 41.6 Å². The minimum absolute atomic E-state index is 0.420. The molecule has 0 aromatic heterocycles. The fourth-order valence-corrected chi connectivity index (χ4v) is 2.73. The van der Waals surface area contributed by atoms with Gasteiger partial charge in [-0.2, -0.15) is 0 Å². The zero-order chi connectivity index (χ0) is 16.1. The summed E-state index contributed by atoms with van der Waals surface area (Å²) in [6.07, 6.45) is 2.67. The van der Waals surface area contributed by atoms with Gasteiger partial charge in [0.05, 0.1) is 11.8 Å². The van der Waals surface area contributed by atoms with E-state index < -0.39 is 29.6 Å². The molecule has 0 heterocycles. The molecule has 0 spiro atoms. The average molecular weight is 304 g/mol. The number of aryl methyl sites for hydroxylation is 1. The third-order valence-corrected chi connectivity index (χ3v) is 4.03. The Kier molecular flexibility index (Phi) is 5.14. The van der Waals surface area contributed by atoms with E-state index >= 15 is 0 Å². The molecule has 1 aromatic rings. The van der Waals surface area contributed by atoms with E-state index in [0.29, 0.717) is 18.4 Å². The number of benzene rings is 1. The van der Waals surface area contributed by atoms with Gasteiger partial charge < -0.3 is 5.11 Å². The van der Waals surface area contributed by atoms with E-state index in [-0.39, 0.29) is 0 Å². The van der Waals surface area contributed by atoms with Crippen molar-refractivity contribution in [2.24, 2.45) is 11.8 Å². The Morgan fingerprint density at radius 1 is 1.00 bits per heavy atom. The molecule has 0 unspecified atom stereocenters. The van der Waals surface area contributed by atoms with Gasteiger partial charge in [-0.3, -0.25) is 25.2 Å². The van der Waals surface area contributed by atoms with Gasteiger partial charge >= 0.3 is 5.97 Å². The third kappa shape index (κ3) is 3.84. The molecule has 1 saturated carbocycles. The molecule has 22 heavy (non-hydrogen) atoms. The molecule has 6 heteroatoms. The summed E-state index contributed by atoms with van der Waals surface area (Å²) in [5.41, 5.74) is 6.16. The fraction of sp³-hybridized carbons (Fsp3) is 0.438. The smallest absolute Gasteiger partial charge is 0.307 e. The van der Waals surface area contributed by atoms with Crippen LogP contribution in [-0.2, 0) is 9.59 Å². The molecular weight excluding hydrogens is 284 g/mol. The number of aliphatic carboxylic acids is 1. The van der Waals surface area contributed by atoms with Crippen molar-refractivity contribution in [3.63, 3.8) is 0 Å². The number of amides is 2. The first-order chi connectivity index (χ1) is 10.5. The Morgan fingerprint density at radius 2 is 1.59 bits per heavy atom. The second-order valence-electron chi connectivity index (χ2n) is 5.65. The van der Waals surface area contributed by atoms with Gasteiger partial charge in [0, 0.05) is 5.56 Å². The van der Waals surface area contributed by atoms with E-state index in [1.165, 1.54) is 0 Å². The third-order valence-electron chi connectivity index (χ3n) is 4.03. The summed E-state index contributed by atoms with van der Waals surface area (Å²) < 4.78 is 0. The molecule has 2 atom stereocenters. The monoisotopic (exact) mass is 304 g/mol. The second kappa shape index (κ2) is 7.06. The predicted octanol–water partition coefficient (Wildman–Crippen LogP) is 1.65. The summed E-state index contributed by atoms with van der Waals surface area (Å²) in [6, 6.07) is 6.94. The maximum absolute atomic E-state index is 12.1. The minimum atomic E-state index is -0.954. The van der Waals surface area contributed by atoms with Gasteiger partial charge in [0.2, 0.25) is 5.91 Å². The predicted molar refractivity (Wildman–Crippen MR) is 79.9 cm³/mol. The number of hydrazine groups is 1. The van der Waals surface area contributed by atoms with Crippen LogP contribution in [0.5, 0.6) is 0 Å². The van der Waals surface area contributed by atoms with Gasteiger partial charge in [0.15, 0.2) is 0 Å². The number of carboxylic acid groups (broad SMARTS) is 1. The van der Waals surface area contributed by atoms with Crippen molar-refractivity contribution in [3.8, 4) is 0 Å². The van der Waals surface area contributed by atoms with Crippen LogP contribution in [-0.4, -0.2) is 22.9 Å². The summed E-state index contributed by atoms with van der Waals surface area (Å²) >= 11 is 0. The van der Waals surface area contributed by atoms with Crippen molar-refractivity contribution in [2.45, 2.75) is 32.6 Å². The zero-order valence-electron chi connectivity index (χ0n) is 12.5. The second-order valence-corrected chi connectivity index (χ2v) is 5.65. The standard InChI is InChI=1S/C16H20N2O4/c1-10-6-8-11(9-7-10)14(19)17-18-15(20)12-4-2-3-5-13(12)16(21)22/h6-9,12-13H,2-5H2,1H3,(H,17,19)(H,18,20)(H,21,22)/t12-,13-/m0/s1. The first-order valence-electron chi connectivity index (χ1n) is 7.38. The molecule has 1 aliphatic carbocycles. The van der Waals surface area contributed by atoms with Crippen LogP contribution >= 0.6 is 0 Å². The van der Waals surface area contributed by atoms with Crippen molar-refractivity contribution in [1.29, 1.82) is 0 Å². The lowest BCUT2D eigenvalue weighted by Crippen LogP contribution is -2.47. The van der Waals surface area contributed by atoms with E-state index in [4.69, 9.17) is 0 Å². The van der Waals surface area contributed by atoms with Crippen LogP contribution in [0.3, 0.4) is 0 Å². The first-order valence-corrected chi connectivity index (χ1v) is 7.38. The number of carbonyl (C=O) groups excluding carboxylic acids is 2. The van der Waals surface area contributed by atoms with Crippen LogP contribution in [0.15, 0.2) is 24.3 Å². The molecule has 1 fully saturated rings. The molecule has 3 N–H and O–H groups in total. The molecular formula is C16H20N2O4. The average Bonchev–Trinajstić information content (AvgIpc) is 2.53. The quantitative estimate of drug-likeness (QED) is 0.740. The van der Waals surface area contributed by atoms with E-state index in [1.807, 2.05) is 6.92 Å². The summed E-state index contributed by atoms with van der Waals surface area (Å²) in [5.74, 6) is -3.08. The fourth-order valence-electron chi connectivity index (χ4n) is 2.73. The Balaban J connectivity index is 1.92. The molecule has 6 nitrogen and oxygen atoms in total. The van der Waals surface area contributed by atoms with E-state index in [1.54, 1.807) is 24.3 Å². The van der Waals surface area contributed by atoms with Crippen molar-refractivity contribution in [3.05, 3.63) is 35.4 Å². The van der Waals surface area contributed by atoms with Gasteiger partial charge in [-0.15, -0.1) is 0 Å². The highest BCUT2D eigenvalue weighted by atomic mass is 16.4. The van der Waals surface area contributed by atoms with Gasteiger partial charge in [0.1, 0.15) is 0 Å². The molecule has 2 rings (SSSR count). The van der Waals surface area contributed by atoms with Gasteiger partial charge in [-0.25, -0.2) is 0 Å². The normalized spacial score (nSPS) is 21.0. The Bertz CT molecular complexity index is 568. The molecule has 0 bridgehead atoms. The number of hydrogen-bond donors (Lipinski definition) is 3. The summed E-state index contributed by atoms with van der Waals surface area (Å²) in [7, 11) is 0. The lowest BCUT2D eigenvalue weighted by molar-refractivity contribution is -0.149. The number of carbonyl (C=O) groups is 3. The first kappa shape index (κ1) is 16.0. The lowest BCUT2D eigenvalue weighted by atomic mass is 9.79. The molecule has 0 saturated heterocycles. The molecule has 0 aliphatic heterocycles. The zero-order valence-corrected chi connectivity index (χ0v) is 12.5. The topological polar surface area (TPSA) is 95.5 Å². The van der Waals surface area contributed by atoms with E-state index in [0.717, 1.165) is 18.4 Å². The maximum Gasteiger partial charge on any atom is 0.307 e. The molecule has 2 amide bonds. The number of carboxylic acids is 1. The Morgan fingerprint density at radius 3 is 2.18 bits per heavy atom. The van der Waals surface area contributed by atoms with Crippen LogP contribution in [0, 0.1) is 18.8 Å². The SMILES string of the molecule is Cc1ccc(C(=O)NNC(=O)[C@H]2CCCC[C@@H]2C(=O)O)cc1. The van der Waals surface area contributed by atoms with Gasteiger partial charge in [-0.1, -0.05) is 30.5 Å². The van der Waals surface area contributed by atoms with Crippen LogP contribution in [0.2, 0.25) is 0 Å². The van der Waals surface area contributed by atoms with Crippen LogP contribution < -0.4 is 10.9 Å². The maximum atomic E-state index is 12.1. The van der Waals surface area contributed by atoms with Gasteiger partial charge in [-0.05, 0) is 31.9 Å². The number of hydrogen-bond acceptors (Lipinski definition) is 3. The van der Waals surface area contributed by atoms with Crippen molar-refractivity contribution in [2.75, 3.05) is 0 Å². The lowest BCUT2D eigenvalue weighted by Gasteiger charge is -2.27. The summed E-state index contributed by atoms with van der Waals surface area (Å²) in [6.45, 7) is 1.92. The highest BCUT2D eigenvalue weighted by Crippen LogP contribution is 2.30. The van der Waals surface area contributed by atoms with Crippen molar-refractivity contribution >= 4 is 17.8 Å². The van der Waals surface area contributed by atoms with Crippen molar-refractivity contribution in [1.82, 2.24) is 10.9 Å². The molecule has 0 radical (unpaired) electrons. The minimum Gasteiger partial charge on any atom is -0.481 e. The Hall–Kier alpha value is -2.37. The largest absolute Gasteiger partial charge is 0.481 e. The summed E-state index contributed by atoms with van der Waals surface area (Å²) in [4.78, 5) is 35.2. The van der Waals surface area contributed by atoms with Crippen LogP contribution in [0.4, 0.5) is 0 Å². The number of rotatable bonds is 3. The van der Waals surface area contributed by atoms with E-state index in [2.05, 4.69) is 10.9 Å². The summed E-state index contributed by atoms with van der Waals surface area (Å²) in [5, 5.41) is 9.17. The van der Waals surface area contributed by atoms with Crippen molar-refractivity contribution < 1.29 is 19.5 Å². The Labute approximate surface area is 128 Å². The number of nitrogens with one attached hydrogen (secondary N) is 2. The molecule has 1 aliphatic rings. The molecule has 1 aromatic carbocycles. The van der Waals surface area contributed by atoms with E-state index in [9.17, 15) is 19.5 Å². The van der Waals surface area contributed by atoms with Gasteiger partial charge in [0.25, 0.3) is 5.91 Å². The highest BCUT2D eigenvalue weighted by Gasteiger charge is 2.35. The molecule has 118 valence electrons. The highest BCUT2D eigenvalue weighted by molar-refractivity contribution is 5.96.